The van der Waals surface area contributed by atoms with Crippen LogP contribution in [0.5, 0.6) is 0 Å². The van der Waals surface area contributed by atoms with Crippen molar-refractivity contribution in [2.75, 3.05) is 6.54 Å². The number of hydrogen-bond acceptors (Lipinski definition) is 3. The molecule has 0 spiro atoms. The number of imidazole rings is 1. The van der Waals surface area contributed by atoms with Crippen LogP contribution in [-0.2, 0) is 17.8 Å². The van der Waals surface area contributed by atoms with E-state index >= 15 is 0 Å². The molecule has 1 fully saturated rings. The highest BCUT2D eigenvalue weighted by molar-refractivity contribution is 5.80. The topological polar surface area (TPSA) is 46.9 Å². The lowest BCUT2D eigenvalue weighted by Crippen LogP contribution is -2.34. The standard InChI is InChI=1S/C14H23N3O/c1-2-17-10-9-16-14(17)11-13(18)7-6-12-5-3-4-8-15-12/h9-10,12,15H,2-8,11H2,1H3. The number of carbonyl (C=O) groups is 1. The summed E-state index contributed by atoms with van der Waals surface area (Å²) in [5, 5.41) is 3.48. The van der Waals surface area contributed by atoms with Crippen LogP contribution in [0.1, 0.15) is 44.9 Å². The van der Waals surface area contributed by atoms with E-state index in [-0.39, 0.29) is 0 Å². The maximum Gasteiger partial charge on any atom is 0.140 e. The van der Waals surface area contributed by atoms with Gasteiger partial charge in [-0.15, -0.1) is 0 Å². The van der Waals surface area contributed by atoms with Gasteiger partial charge in [-0.25, -0.2) is 4.98 Å². The zero-order chi connectivity index (χ0) is 12.8. The van der Waals surface area contributed by atoms with E-state index in [9.17, 15) is 4.79 Å². The highest BCUT2D eigenvalue weighted by atomic mass is 16.1. The van der Waals surface area contributed by atoms with Crippen LogP contribution in [0.3, 0.4) is 0 Å². The van der Waals surface area contributed by atoms with E-state index in [2.05, 4.69) is 17.2 Å². The fourth-order valence-electron chi connectivity index (χ4n) is 2.57. The number of carbonyl (C=O) groups excluding carboxylic acids is 1. The fourth-order valence-corrected chi connectivity index (χ4v) is 2.57. The van der Waals surface area contributed by atoms with Crippen LogP contribution in [-0.4, -0.2) is 27.9 Å². The van der Waals surface area contributed by atoms with Crippen LogP contribution in [0.25, 0.3) is 0 Å². The molecule has 2 rings (SSSR count). The van der Waals surface area contributed by atoms with Crippen LogP contribution in [0.15, 0.2) is 12.4 Å². The molecule has 4 nitrogen and oxygen atoms in total. The van der Waals surface area contributed by atoms with Gasteiger partial charge in [0.05, 0.1) is 6.42 Å². The van der Waals surface area contributed by atoms with Crippen molar-refractivity contribution in [1.29, 1.82) is 0 Å². The van der Waals surface area contributed by atoms with Gasteiger partial charge in [0, 0.05) is 31.4 Å². The molecule has 0 aromatic carbocycles. The maximum atomic E-state index is 11.9. The SMILES string of the molecule is CCn1ccnc1CC(=O)CCC1CCCCN1. The number of rotatable bonds is 6. The summed E-state index contributed by atoms with van der Waals surface area (Å²) in [6.45, 7) is 4.06. The lowest BCUT2D eigenvalue weighted by Gasteiger charge is -2.22. The highest BCUT2D eigenvalue weighted by Crippen LogP contribution is 2.12. The Kier molecular flexibility index (Phi) is 4.93. The van der Waals surface area contributed by atoms with Gasteiger partial charge in [-0.3, -0.25) is 4.79 Å². The zero-order valence-corrected chi connectivity index (χ0v) is 11.2. The molecule has 1 aliphatic heterocycles. The van der Waals surface area contributed by atoms with Crippen molar-refractivity contribution in [1.82, 2.24) is 14.9 Å². The van der Waals surface area contributed by atoms with E-state index in [0.29, 0.717) is 24.7 Å². The van der Waals surface area contributed by atoms with E-state index in [1.54, 1.807) is 6.20 Å². The van der Waals surface area contributed by atoms with Gasteiger partial charge in [0.1, 0.15) is 11.6 Å². The maximum absolute atomic E-state index is 11.9. The second-order valence-electron chi connectivity index (χ2n) is 5.03. The van der Waals surface area contributed by atoms with Crippen molar-refractivity contribution in [2.24, 2.45) is 0 Å². The summed E-state index contributed by atoms with van der Waals surface area (Å²) in [6, 6.07) is 0.550. The molecule has 1 aromatic heterocycles. The lowest BCUT2D eigenvalue weighted by atomic mass is 9.99. The lowest BCUT2D eigenvalue weighted by molar-refractivity contribution is -0.118. The van der Waals surface area contributed by atoms with E-state index in [1.807, 2.05) is 10.8 Å². The molecule has 0 bridgehead atoms. The van der Waals surface area contributed by atoms with Crippen molar-refractivity contribution < 1.29 is 4.79 Å². The Balaban J connectivity index is 1.74. The predicted octanol–water partition coefficient (Wildman–Crippen LogP) is 1.94. The van der Waals surface area contributed by atoms with Crippen molar-refractivity contribution in [3.8, 4) is 0 Å². The van der Waals surface area contributed by atoms with Crippen molar-refractivity contribution in [3.63, 3.8) is 0 Å². The smallest absolute Gasteiger partial charge is 0.140 e. The normalized spacial score (nSPS) is 19.9. The Labute approximate surface area is 109 Å². The van der Waals surface area contributed by atoms with Crippen LogP contribution >= 0.6 is 0 Å². The fraction of sp³-hybridized carbons (Fsp3) is 0.714. The second-order valence-corrected chi connectivity index (χ2v) is 5.03. The van der Waals surface area contributed by atoms with Gasteiger partial charge >= 0.3 is 0 Å². The third-order valence-electron chi connectivity index (χ3n) is 3.68. The molecule has 1 saturated heterocycles. The third-order valence-corrected chi connectivity index (χ3v) is 3.68. The Bertz CT molecular complexity index is 380. The van der Waals surface area contributed by atoms with Gasteiger partial charge in [-0.2, -0.15) is 0 Å². The van der Waals surface area contributed by atoms with Gasteiger partial charge in [-0.1, -0.05) is 6.42 Å². The van der Waals surface area contributed by atoms with Gasteiger partial charge in [-0.05, 0) is 32.7 Å². The van der Waals surface area contributed by atoms with Crippen molar-refractivity contribution in [2.45, 2.75) is 58.0 Å². The number of nitrogens with zero attached hydrogens (tertiary/aromatic N) is 2. The highest BCUT2D eigenvalue weighted by Gasteiger charge is 2.15. The second kappa shape index (κ2) is 6.69. The number of Topliss-reactive ketones (excluding diaryl/α,β-unsaturated/α-hetero) is 1. The molecule has 18 heavy (non-hydrogen) atoms. The van der Waals surface area contributed by atoms with Gasteiger partial charge in [0.15, 0.2) is 0 Å². The summed E-state index contributed by atoms with van der Waals surface area (Å²) in [5.74, 6) is 1.21. The molecule has 4 heteroatoms. The molecule has 1 aliphatic rings. The van der Waals surface area contributed by atoms with Crippen molar-refractivity contribution >= 4 is 5.78 Å². The van der Waals surface area contributed by atoms with E-state index < -0.39 is 0 Å². The molecular formula is C14H23N3O. The zero-order valence-electron chi connectivity index (χ0n) is 11.2. The molecule has 0 radical (unpaired) electrons. The number of ketones is 1. The molecule has 100 valence electrons. The van der Waals surface area contributed by atoms with Crippen LogP contribution in [0.4, 0.5) is 0 Å². The molecule has 2 heterocycles. The molecule has 1 unspecified atom stereocenters. The molecule has 1 N–H and O–H groups in total. The molecule has 1 atom stereocenters. The molecule has 0 amide bonds. The molecule has 0 saturated carbocycles. The average Bonchev–Trinajstić information content (AvgIpc) is 2.85. The van der Waals surface area contributed by atoms with Crippen LogP contribution < -0.4 is 5.32 Å². The number of hydrogen-bond donors (Lipinski definition) is 1. The molecule has 0 aliphatic carbocycles. The first-order valence-corrected chi connectivity index (χ1v) is 7.04. The summed E-state index contributed by atoms with van der Waals surface area (Å²) < 4.78 is 2.04. The van der Waals surface area contributed by atoms with E-state index in [0.717, 1.165) is 25.3 Å². The number of nitrogens with one attached hydrogen (secondary N) is 1. The molecule has 1 aromatic rings. The summed E-state index contributed by atoms with van der Waals surface area (Å²) >= 11 is 0. The Morgan fingerprint density at radius 1 is 1.56 bits per heavy atom. The monoisotopic (exact) mass is 249 g/mol. The first-order chi connectivity index (χ1) is 8.79. The van der Waals surface area contributed by atoms with E-state index in [1.165, 1.54) is 19.3 Å². The van der Waals surface area contributed by atoms with Crippen LogP contribution in [0, 0.1) is 0 Å². The van der Waals surface area contributed by atoms with Gasteiger partial charge in [0.25, 0.3) is 0 Å². The van der Waals surface area contributed by atoms with Gasteiger partial charge in [0.2, 0.25) is 0 Å². The number of aromatic nitrogens is 2. The largest absolute Gasteiger partial charge is 0.335 e. The molecular weight excluding hydrogens is 226 g/mol. The first-order valence-electron chi connectivity index (χ1n) is 7.04. The number of piperidine rings is 1. The Morgan fingerprint density at radius 2 is 2.44 bits per heavy atom. The minimum atomic E-state index is 0.309. The van der Waals surface area contributed by atoms with E-state index in [4.69, 9.17) is 0 Å². The summed E-state index contributed by atoms with van der Waals surface area (Å²) in [5.41, 5.74) is 0. The van der Waals surface area contributed by atoms with Gasteiger partial charge < -0.3 is 9.88 Å². The Hall–Kier alpha value is -1.16. The Morgan fingerprint density at radius 3 is 3.17 bits per heavy atom. The minimum absolute atomic E-state index is 0.309. The average molecular weight is 249 g/mol. The summed E-state index contributed by atoms with van der Waals surface area (Å²) in [7, 11) is 0. The quantitative estimate of drug-likeness (QED) is 0.838. The van der Waals surface area contributed by atoms with Crippen molar-refractivity contribution in [3.05, 3.63) is 18.2 Å². The summed E-state index contributed by atoms with van der Waals surface area (Å²) in [6.07, 6.45) is 9.63. The third kappa shape index (κ3) is 3.67. The predicted molar refractivity (Wildman–Crippen MR) is 71.5 cm³/mol. The first kappa shape index (κ1) is 13.3. The number of aryl methyl sites for hydroxylation is 1. The minimum Gasteiger partial charge on any atom is -0.335 e. The van der Waals surface area contributed by atoms with Crippen LogP contribution in [0.2, 0.25) is 0 Å². The summed E-state index contributed by atoms with van der Waals surface area (Å²) in [4.78, 5) is 16.2.